The standard InChI is InChI=1S/C16H18N2O5S.Na/c1-17(2)15(19)10-5-7-11-12(8-6-10)14(24(21,22)23)9-13(11)16(20)18(3)4;/h5-9H,1-4H3,(H,21,22,23);/q;+1/p-1. The van der Waals surface area contributed by atoms with Crippen LogP contribution in [0.4, 0.5) is 0 Å². The van der Waals surface area contributed by atoms with Crippen LogP contribution in [0.25, 0.3) is 11.1 Å². The smallest absolute Gasteiger partial charge is 0.744 e. The van der Waals surface area contributed by atoms with Crippen molar-refractivity contribution in [3.8, 4) is 11.1 Å². The minimum atomic E-state index is -4.76. The summed E-state index contributed by atoms with van der Waals surface area (Å²) in [6, 6.07) is 6.88. The molecule has 0 atom stereocenters. The normalized spacial score (nSPS) is 10.9. The van der Waals surface area contributed by atoms with E-state index in [0.717, 1.165) is 6.07 Å². The molecule has 0 aliphatic heterocycles. The van der Waals surface area contributed by atoms with Crippen LogP contribution in [0.3, 0.4) is 0 Å². The molecule has 0 aromatic rings. The SMILES string of the molecule is CN(C)C(=O)c1ccc2c(C(=O)N(C)C)cc(S(=O)(=O)[O-])c-2cc1.[Na+]. The number of carbonyl (C=O) groups is 2. The topological polar surface area (TPSA) is 97.8 Å². The summed E-state index contributed by atoms with van der Waals surface area (Å²) in [6.45, 7) is 0. The largest absolute Gasteiger partial charge is 1.00 e. The van der Waals surface area contributed by atoms with Gasteiger partial charge in [0.25, 0.3) is 11.8 Å². The van der Waals surface area contributed by atoms with E-state index in [1.807, 2.05) is 0 Å². The van der Waals surface area contributed by atoms with Crippen molar-refractivity contribution in [2.24, 2.45) is 0 Å². The van der Waals surface area contributed by atoms with E-state index in [9.17, 15) is 22.6 Å². The third kappa shape index (κ3) is 4.39. The fourth-order valence-electron chi connectivity index (χ4n) is 2.34. The first-order valence-corrected chi connectivity index (χ1v) is 8.41. The van der Waals surface area contributed by atoms with Gasteiger partial charge in [0.1, 0.15) is 10.1 Å². The van der Waals surface area contributed by atoms with Crippen LogP contribution in [0.1, 0.15) is 20.7 Å². The quantitative estimate of drug-likeness (QED) is 0.463. The average Bonchev–Trinajstić information content (AvgIpc) is 2.71. The predicted molar refractivity (Wildman–Crippen MR) is 87.1 cm³/mol. The molecule has 0 fully saturated rings. The molecule has 2 rings (SSSR count). The summed E-state index contributed by atoms with van der Waals surface area (Å²) in [5.74, 6) is -0.707. The van der Waals surface area contributed by atoms with Crippen LogP contribution >= 0.6 is 0 Å². The Morgan fingerprint density at radius 2 is 1.36 bits per heavy atom. The molecule has 0 heterocycles. The van der Waals surface area contributed by atoms with E-state index in [0.29, 0.717) is 11.1 Å². The minimum absolute atomic E-state index is 0. The summed E-state index contributed by atoms with van der Waals surface area (Å²) >= 11 is 0. The molecule has 0 aromatic heterocycles. The van der Waals surface area contributed by atoms with Gasteiger partial charge in [0, 0.05) is 44.9 Å². The summed E-state index contributed by atoms with van der Waals surface area (Å²) in [6.07, 6.45) is 0. The van der Waals surface area contributed by atoms with Crippen molar-refractivity contribution in [3.05, 3.63) is 41.5 Å². The molecule has 25 heavy (non-hydrogen) atoms. The van der Waals surface area contributed by atoms with Gasteiger partial charge in [0.15, 0.2) is 0 Å². The van der Waals surface area contributed by atoms with E-state index in [1.165, 1.54) is 48.2 Å². The van der Waals surface area contributed by atoms with Crippen LogP contribution in [-0.4, -0.2) is 62.8 Å². The Kier molecular flexibility index (Phi) is 6.77. The van der Waals surface area contributed by atoms with E-state index in [4.69, 9.17) is 0 Å². The molecule has 0 saturated heterocycles. The second kappa shape index (κ2) is 7.84. The summed E-state index contributed by atoms with van der Waals surface area (Å²) < 4.78 is 34.6. The number of carbonyl (C=O) groups excluding carboxylic acids is 2. The first-order valence-electron chi connectivity index (χ1n) is 7.00. The number of hydrogen-bond donors (Lipinski definition) is 0. The number of amides is 2. The van der Waals surface area contributed by atoms with E-state index < -0.39 is 20.9 Å². The van der Waals surface area contributed by atoms with E-state index in [1.54, 1.807) is 14.1 Å². The molecule has 2 aliphatic carbocycles. The number of fused-ring (bicyclic) bond motifs is 1. The second-order valence-electron chi connectivity index (χ2n) is 5.72. The molecule has 7 nitrogen and oxygen atoms in total. The molecule has 0 saturated carbocycles. The molecule has 128 valence electrons. The monoisotopic (exact) mass is 372 g/mol. The van der Waals surface area contributed by atoms with Crippen LogP contribution in [0.5, 0.6) is 0 Å². The van der Waals surface area contributed by atoms with Crippen molar-refractivity contribution in [3.63, 3.8) is 0 Å². The zero-order valence-electron chi connectivity index (χ0n) is 14.7. The fourth-order valence-corrected chi connectivity index (χ4v) is 3.05. The van der Waals surface area contributed by atoms with Gasteiger partial charge >= 0.3 is 29.6 Å². The third-order valence-electron chi connectivity index (χ3n) is 3.54. The Morgan fingerprint density at radius 3 is 1.80 bits per heavy atom. The maximum Gasteiger partial charge on any atom is 1.00 e. The predicted octanol–water partition coefficient (Wildman–Crippen LogP) is -1.90. The zero-order chi connectivity index (χ0) is 18.2. The molecular formula is C16H17N2NaO5S. The van der Waals surface area contributed by atoms with E-state index >= 15 is 0 Å². The summed E-state index contributed by atoms with van der Waals surface area (Å²) in [7, 11) is 1.46. The minimum Gasteiger partial charge on any atom is -0.744 e. The van der Waals surface area contributed by atoms with Crippen LogP contribution in [0.15, 0.2) is 35.2 Å². The maximum absolute atomic E-state index is 12.3. The fraction of sp³-hybridized carbons (Fsp3) is 0.250. The first kappa shape index (κ1) is 21.6. The van der Waals surface area contributed by atoms with E-state index in [2.05, 4.69) is 0 Å². The van der Waals surface area contributed by atoms with Crippen LogP contribution < -0.4 is 29.6 Å². The van der Waals surface area contributed by atoms with Crippen molar-refractivity contribution < 1.29 is 52.1 Å². The van der Waals surface area contributed by atoms with Crippen molar-refractivity contribution in [2.45, 2.75) is 4.90 Å². The van der Waals surface area contributed by atoms with Gasteiger partial charge in [0.05, 0.1) is 4.90 Å². The van der Waals surface area contributed by atoms with Crippen molar-refractivity contribution in [1.29, 1.82) is 0 Å². The van der Waals surface area contributed by atoms with Crippen molar-refractivity contribution in [1.82, 2.24) is 9.80 Å². The Labute approximate surface area is 169 Å². The Bertz CT molecular complexity index is 894. The molecule has 9 heteroatoms. The molecule has 0 N–H and O–H groups in total. The van der Waals surface area contributed by atoms with Crippen LogP contribution in [0, 0.1) is 0 Å². The molecule has 0 bridgehead atoms. The van der Waals surface area contributed by atoms with Gasteiger partial charge in [-0.15, -0.1) is 0 Å². The Hall–Kier alpha value is -1.45. The summed E-state index contributed by atoms with van der Waals surface area (Å²) in [5.41, 5.74) is 0.839. The molecule has 2 aliphatic rings. The Balaban J connectivity index is 0.00000312. The third-order valence-corrected chi connectivity index (χ3v) is 4.42. The molecule has 0 spiro atoms. The van der Waals surface area contributed by atoms with Crippen LogP contribution in [0.2, 0.25) is 0 Å². The first-order chi connectivity index (χ1) is 11.0. The van der Waals surface area contributed by atoms with Gasteiger partial charge in [-0.05, 0) is 23.8 Å². The summed E-state index contributed by atoms with van der Waals surface area (Å²) in [5, 5.41) is 0. The van der Waals surface area contributed by atoms with Crippen molar-refractivity contribution >= 4 is 21.9 Å². The summed E-state index contributed by atoms with van der Waals surface area (Å²) in [4.78, 5) is 26.5. The second-order valence-corrected chi connectivity index (χ2v) is 7.07. The molecule has 0 aromatic carbocycles. The van der Waals surface area contributed by atoms with Crippen LogP contribution in [-0.2, 0) is 10.1 Å². The van der Waals surface area contributed by atoms with Gasteiger partial charge in [-0.25, -0.2) is 8.42 Å². The van der Waals surface area contributed by atoms with Gasteiger partial charge in [-0.3, -0.25) is 9.59 Å². The van der Waals surface area contributed by atoms with Gasteiger partial charge < -0.3 is 14.4 Å². The maximum atomic E-state index is 12.3. The number of nitrogens with zero attached hydrogens (tertiary/aromatic N) is 2. The zero-order valence-corrected chi connectivity index (χ0v) is 17.5. The molecule has 0 radical (unpaired) electrons. The van der Waals surface area contributed by atoms with Crippen molar-refractivity contribution in [2.75, 3.05) is 28.2 Å². The molecule has 2 amide bonds. The molecule has 0 unspecified atom stereocenters. The van der Waals surface area contributed by atoms with Gasteiger partial charge in [-0.1, -0.05) is 12.1 Å². The van der Waals surface area contributed by atoms with Gasteiger partial charge in [0.2, 0.25) is 0 Å². The Morgan fingerprint density at radius 1 is 0.880 bits per heavy atom. The van der Waals surface area contributed by atoms with Gasteiger partial charge in [-0.2, -0.15) is 0 Å². The molecular weight excluding hydrogens is 355 g/mol. The number of rotatable bonds is 3. The average molecular weight is 372 g/mol. The number of hydrogen-bond acceptors (Lipinski definition) is 5. The van der Waals surface area contributed by atoms with E-state index in [-0.39, 0.29) is 46.6 Å².